The lowest BCUT2D eigenvalue weighted by atomic mass is 9.46. The normalized spacial score (nSPS) is 40.7. The SMILES string of the molecule is CCCCCCC(=O)O[C@@]1(C(C)=O)CC[C@@H]2[C@H]3CCC4=CC(=O)CC[C@]4(C)[C@@H]3CC[C@]21C. The van der Waals surface area contributed by atoms with Gasteiger partial charge in [-0.2, -0.15) is 0 Å². The van der Waals surface area contributed by atoms with Gasteiger partial charge in [0.15, 0.2) is 17.2 Å². The van der Waals surface area contributed by atoms with E-state index in [2.05, 4.69) is 20.8 Å². The number of carbonyl (C=O) groups excluding carboxylic acids is 3. The number of allylic oxidation sites excluding steroid dienone is 1. The van der Waals surface area contributed by atoms with Crippen molar-refractivity contribution in [3.05, 3.63) is 11.6 Å². The van der Waals surface area contributed by atoms with E-state index in [-0.39, 0.29) is 22.6 Å². The van der Waals surface area contributed by atoms with Crippen molar-refractivity contribution in [2.24, 2.45) is 28.6 Å². The molecule has 0 radical (unpaired) electrons. The Morgan fingerprint density at radius 1 is 1.00 bits per heavy atom. The van der Waals surface area contributed by atoms with Crippen LogP contribution in [-0.4, -0.2) is 23.1 Å². The van der Waals surface area contributed by atoms with Crippen LogP contribution in [0.4, 0.5) is 0 Å². The molecule has 4 aliphatic rings. The van der Waals surface area contributed by atoms with Crippen molar-refractivity contribution >= 4 is 17.5 Å². The lowest BCUT2D eigenvalue weighted by Crippen LogP contribution is -2.58. The highest BCUT2D eigenvalue weighted by Crippen LogP contribution is 2.68. The van der Waals surface area contributed by atoms with Crippen molar-refractivity contribution in [3.63, 3.8) is 0 Å². The van der Waals surface area contributed by atoms with E-state index >= 15 is 0 Å². The monoisotopic (exact) mass is 442 g/mol. The molecule has 0 aromatic rings. The predicted octanol–water partition coefficient (Wildman–Crippen LogP) is 6.36. The first-order valence-electron chi connectivity index (χ1n) is 13.1. The van der Waals surface area contributed by atoms with Gasteiger partial charge in [0.1, 0.15) is 0 Å². The maximum Gasteiger partial charge on any atom is 0.306 e. The number of hydrogen-bond donors (Lipinski definition) is 0. The number of hydrogen-bond acceptors (Lipinski definition) is 4. The molecule has 32 heavy (non-hydrogen) atoms. The van der Waals surface area contributed by atoms with Crippen LogP contribution in [0.15, 0.2) is 11.6 Å². The molecule has 0 bridgehead atoms. The average molecular weight is 443 g/mol. The van der Waals surface area contributed by atoms with Crippen LogP contribution in [0.1, 0.15) is 111 Å². The molecule has 3 saturated carbocycles. The third-order valence-electron chi connectivity index (χ3n) is 10.2. The van der Waals surface area contributed by atoms with Crippen molar-refractivity contribution in [1.29, 1.82) is 0 Å². The predicted molar refractivity (Wildman–Crippen MR) is 125 cm³/mol. The highest BCUT2D eigenvalue weighted by Gasteiger charge is 2.67. The van der Waals surface area contributed by atoms with E-state index in [9.17, 15) is 14.4 Å². The largest absolute Gasteiger partial charge is 0.450 e. The third-order valence-corrected chi connectivity index (χ3v) is 10.2. The highest BCUT2D eigenvalue weighted by molar-refractivity contribution is 5.91. The summed E-state index contributed by atoms with van der Waals surface area (Å²) in [4.78, 5) is 38.0. The number of esters is 1. The molecule has 0 spiro atoms. The summed E-state index contributed by atoms with van der Waals surface area (Å²) in [6.45, 7) is 8.42. The summed E-state index contributed by atoms with van der Waals surface area (Å²) in [5.41, 5.74) is 0.258. The standard InChI is InChI=1S/C28H42O4/c1-5-6-7-8-9-25(31)32-28(19(2)29)17-14-24-22-11-10-20-18-21(30)12-15-26(20,3)23(22)13-16-27(24,28)4/h18,22-24H,5-17H2,1-4H3/t22-,23+,24+,26-,27+,28+/m0/s1. The highest BCUT2D eigenvalue weighted by atomic mass is 16.6. The summed E-state index contributed by atoms with van der Waals surface area (Å²) >= 11 is 0. The Morgan fingerprint density at radius 2 is 1.75 bits per heavy atom. The summed E-state index contributed by atoms with van der Waals surface area (Å²) in [5, 5.41) is 0. The topological polar surface area (TPSA) is 60.4 Å². The number of ether oxygens (including phenoxy) is 1. The number of carbonyl (C=O) groups is 3. The molecule has 3 fully saturated rings. The van der Waals surface area contributed by atoms with Crippen molar-refractivity contribution in [2.75, 3.05) is 0 Å². The minimum Gasteiger partial charge on any atom is -0.450 e. The van der Waals surface area contributed by atoms with Crippen LogP contribution in [-0.2, 0) is 19.1 Å². The molecule has 4 rings (SSSR count). The molecule has 0 heterocycles. The summed E-state index contributed by atoms with van der Waals surface area (Å²) in [6, 6.07) is 0. The van der Waals surface area contributed by atoms with E-state index in [1.807, 2.05) is 6.08 Å². The van der Waals surface area contributed by atoms with Crippen LogP contribution in [0, 0.1) is 28.6 Å². The van der Waals surface area contributed by atoms with Crippen molar-refractivity contribution in [1.82, 2.24) is 0 Å². The molecule has 0 N–H and O–H groups in total. The van der Waals surface area contributed by atoms with Gasteiger partial charge >= 0.3 is 5.97 Å². The van der Waals surface area contributed by atoms with Crippen LogP contribution in [0.2, 0.25) is 0 Å². The lowest BCUT2D eigenvalue weighted by molar-refractivity contribution is -0.189. The minimum absolute atomic E-state index is 0.0359. The smallest absolute Gasteiger partial charge is 0.306 e. The first-order valence-corrected chi connectivity index (χ1v) is 13.1. The fraction of sp³-hybridized carbons (Fsp3) is 0.821. The van der Waals surface area contributed by atoms with Crippen LogP contribution >= 0.6 is 0 Å². The summed E-state index contributed by atoms with van der Waals surface area (Å²) < 4.78 is 6.19. The number of unbranched alkanes of at least 4 members (excludes halogenated alkanes) is 3. The third kappa shape index (κ3) is 3.60. The number of fused-ring (bicyclic) bond motifs is 5. The van der Waals surface area contributed by atoms with Crippen LogP contribution in [0.25, 0.3) is 0 Å². The van der Waals surface area contributed by atoms with Crippen LogP contribution in [0.3, 0.4) is 0 Å². The van der Waals surface area contributed by atoms with E-state index in [0.717, 1.165) is 64.2 Å². The Hall–Kier alpha value is -1.45. The Kier molecular flexibility index (Phi) is 6.46. The van der Waals surface area contributed by atoms with Gasteiger partial charge in [0.2, 0.25) is 0 Å². The molecule has 0 aromatic carbocycles. The molecule has 4 aliphatic carbocycles. The maximum atomic E-state index is 13.1. The molecule has 0 amide bonds. The molecule has 0 unspecified atom stereocenters. The summed E-state index contributed by atoms with van der Waals surface area (Å²) in [7, 11) is 0. The number of ketones is 2. The van der Waals surface area contributed by atoms with E-state index in [1.54, 1.807) is 6.92 Å². The fourth-order valence-electron chi connectivity index (χ4n) is 8.32. The van der Waals surface area contributed by atoms with Gasteiger partial charge in [-0.05, 0) is 87.5 Å². The quantitative estimate of drug-likeness (QED) is 0.340. The molecule has 4 nitrogen and oxygen atoms in total. The summed E-state index contributed by atoms with van der Waals surface area (Å²) in [6.07, 6.45) is 13.9. The Balaban J connectivity index is 1.56. The number of rotatable bonds is 7. The first-order chi connectivity index (χ1) is 15.2. The van der Waals surface area contributed by atoms with Crippen LogP contribution < -0.4 is 0 Å². The Labute approximate surface area is 193 Å². The molecule has 0 saturated heterocycles. The fourth-order valence-corrected chi connectivity index (χ4v) is 8.32. The second-order valence-electron chi connectivity index (χ2n) is 11.6. The van der Waals surface area contributed by atoms with Gasteiger partial charge in [-0.25, -0.2) is 0 Å². The Morgan fingerprint density at radius 3 is 2.47 bits per heavy atom. The molecule has 0 aliphatic heterocycles. The zero-order chi connectivity index (χ0) is 23.1. The van der Waals surface area contributed by atoms with Crippen LogP contribution in [0.5, 0.6) is 0 Å². The van der Waals surface area contributed by atoms with E-state index < -0.39 is 5.60 Å². The molecule has 6 atom stereocenters. The molecular weight excluding hydrogens is 400 g/mol. The average Bonchev–Trinajstić information content (AvgIpc) is 3.05. The van der Waals surface area contributed by atoms with Gasteiger partial charge in [0.25, 0.3) is 0 Å². The van der Waals surface area contributed by atoms with E-state index in [4.69, 9.17) is 4.74 Å². The molecule has 4 heteroatoms. The van der Waals surface area contributed by atoms with Gasteiger partial charge in [-0.3, -0.25) is 14.4 Å². The minimum atomic E-state index is -0.954. The second-order valence-corrected chi connectivity index (χ2v) is 11.6. The molecule has 178 valence electrons. The van der Waals surface area contributed by atoms with Crippen molar-refractivity contribution in [3.8, 4) is 0 Å². The molecule has 0 aromatic heterocycles. The van der Waals surface area contributed by atoms with Crippen molar-refractivity contribution in [2.45, 2.75) is 117 Å². The van der Waals surface area contributed by atoms with E-state index in [0.29, 0.717) is 42.8 Å². The zero-order valence-corrected chi connectivity index (χ0v) is 20.6. The maximum absolute atomic E-state index is 13.1. The van der Waals surface area contributed by atoms with Gasteiger partial charge in [-0.1, -0.05) is 45.6 Å². The van der Waals surface area contributed by atoms with Gasteiger partial charge in [0.05, 0.1) is 0 Å². The lowest BCUT2D eigenvalue weighted by Gasteiger charge is -2.59. The van der Waals surface area contributed by atoms with Gasteiger partial charge in [0, 0.05) is 18.3 Å². The first kappa shape index (κ1) is 23.7. The van der Waals surface area contributed by atoms with Gasteiger partial charge in [-0.15, -0.1) is 0 Å². The molecular formula is C28H42O4. The van der Waals surface area contributed by atoms with Gasteiger partial charge < -0.3 is 4.74 Å². The van der Waals surface area contributed by atoms with Crippen molar-refractivity contribution < 1.29 is 19.1 Å². The van der Waals surface area contributed by atoms with E-state index in [1.165, 1.54) is 5.57 Å². The summed E-state index contributed by atoms with van der Waals surface area (Å²) in [5.74, 6) is 1.67. The number of Topliss-reactive ketones (excluding diaryl/α,β-unsaturated/α-hetero) is 1. The second kappa shape index (κ2) is 8.72. The zero-order valence-electron chi connectivity index (χ0n) is 20.6. The Bertz CT molecular complexity index is 812.